The Bertz CT molecular complexity index is 743. The van der Waals surface area contributed by atoms with Gasteiger partial charge >= 0.3 is 6.55 Å². The number of nitrogens with zero attached hydrogens (tertiary/aromatic N) is 2. The smallest absolute Gasteiger partial charge is 0.319 e. The lowest BCUT2D eigenvalue weighted by atomic mass is 10.2. The van der Waals surface area contributed by atoms with E-state index in [1.54, 1.807) is 26.1 Å². The van der Waals surface area contributed by atoms with Gasteiger partial charge in [0, 0.05) is 19.3 Å². The fourth-order valence-electron chi connectivity index (χ4n) is 2.56. The Hall–Kier alpha value is -2.57. The number of benzene rings is 1. The van der Waals surface area contributed by atoms with Crippen LogP contribution in [0.25, 0.3) is 0 Å². The maximum absolute atomic E-state index is 13.1. The van der Waals surface area contributed by atoms with Crippen LogP contribution in [0.1, 0.15) is 28.3 Å². The molecule has 0 aliphatic carbocycles. The molecule has 0 unspecified atom stereocenters. The van der Waals surface area contributed by atoms with Crippen LogP contribution in [-0.2, 0) is 6.54 Å². The van der Waals surface area contributed by atoms with E-state index in [4.69, 9.17) is 9.47 Å². The van der Waals surface area contributed by atoms with Gasteiger partial charge in [-0.05, 0) is 36.8 Å². The van der Waals surface area contributed by atoms with E-state index in [-0.39, 0.29) is 19.0 Å². The third-order valence-electron chi connectivity index (χ3n) is 3.74. The number of hydrogen-bond acceptors (Lipinski definition) is 3. The molecule has 3 rings (SSSR count). The van der Waals surface area contributed by atoms with E-state index in [0.717, 1.165) is 10.1 Å². The number of hydrogen-bond donors (Lipinski definition) is 0. The van der Waals surface area contributed by atoms with Gasteiger partial charge in [-0.1, -0.05) is 6.07 Å². The molecule has 0 fully saturated rings. The summed E-state index contributed by atoms with van der Waals surface area (Å²) in [4.78, 5) is 13.8. The topological polar surface area (TPSA) is 43.7 Å². The molecule has 1 aliphatic heterocycles. The summed E-state index contributed by atoms with van der Waals surface area (Å²) in [5, 5.41) is 0. The first kappa shape index (κ1) is 15.3. The first-order valence-corrected chi connectivity index (χ1v) is 7.07. The number of carbonyl (C=O) groups excluding carboxylic acids is 1. The Morgan fingerprint density at radius 2 is 2.00 bits per heavy atom. The van der Waals surface area contributed by atoms with Crippen LogP contribution in [0.4, 0.5) is 8.78 Å². The molecule has 23 heavy (non-hydrogen) atoms. The molecule has 0 radical (unpaired) electrons. The number of aromatic nitrogens is 1. The van der Waals surface area contributed by atoms with Crippen LogP contribution < -0.4 is 9.47 Å². The molecule has 2 heterocycles. The zero-order valence-electron chi connectivity index (χ0n) is 12.8. The van der Waals surface area contributed by atoms with Gasteiger partial charge in [-0.3, -0.25) is 9.36 Å². The average molecular weight is 322 g/mol. The summed E-state index contributed by atoms with van der Waals surface area (Å²) in [6, 6.07) is 8.29. The van der Waals surface area contributed by atoms with Gasteiger partial charge in [-0.2, -0.15) is 8.78 Å². The van der Waals surface area contributed by atoms with Crippen molar-refractivity contribution in [2.75, 3.05) is 13.8 Å². The molecule has 0 bridgehead atoms. The minimum Gasteiger partial charge on any atom is -0.454 e. The van der Waals surface area contributed by atoms with Gasteiger partial charge in [-0.25, -0.2) is 0 Å². The highest BCUT2D eigenvalue weighted by atomic mass is 19.3. The Balaban J connectivity index is 1.78. The third-order valence-corrected chi connectivity index (χ3v) is 3.74. The second kappa shape index (κ2) is 5.91. The number of rotatable bonds is 4. The Morgan fingerprint density at radius 1 is 1.26 bits per heavy atom. The Labute approximate surface area is 132 Å². The van der Waals surface area contributed by atoms with Gasteiger partial charge in [0.25, 0.3) is 5.91 Å². The summed E-state index contributed by atoms with van der Waals surface area (Å²) >= 11 is 0. The normalized spacial score (nSPS) is 12.7. The first-order chi connectivity index (χ1) is 11.0. The molecule has 0 atom stereocenters. The minimum atomic E-state index is -2.75. The number of halogens is 2. The number of aryl methyl sites for hydroxylation is 1. The molecule has 122 valence electrons. The molecule has 5 nitrogen and oxygen atoms in total. The highest BCUT2D eigenvalue weighted by molar-refractivity contribution is 5.92. The summed E-state index contributed by atoms with van der Waals surface area (Å²) in [7, 11) is 1.57. The van der Waals surface area contributed by atoms with Crippen molar-refractivity contribution in [2.24, 2.45) is 0 Å². The fourth-order valence-corrected chi connectivity index (χ4v) is 2.56. The number of fused-ring (bicyclic) bond motifs is 1. The highest BCUT2D eigenvalue weighted by Crippen LogP contribution is 2.32. The second-order valence-corrected chi connectivity index (χ2v) is 5.36. The molecule has 1 aromatic heterocycles. The first-order valence-electron chi connectivity index (χ1n) is 7.07. The fraction of sp³-hybridized carbons (Fsp3) is 0.312. The molecule has 1 aliphatic rings. The van der Waals surface area contributed by atoms with E-state index in [1.165, 1.54) is 17.0 Å². The second-order valence-electron chi connectivity index (χ2n) is 5.36. The average Bonchev–Trinajstić information content (AvgIpc) is 3.11. The van der Waals surface area contributed by atoms with Crippen molar-refractivity contribution in [3.05, 3.63) is 47.3 Å². The number of alkyl halides is 2. The van der Waals surface area contributed by atoms with Crippen molar-refractivity contribution >= 4 is 5.91 Å². The standard InChI is InChI=1S/C16H16F2N2O3/c1-10-3-5-12(20(10)16(17)18)15(21)19(2)8-11-4-6-13-14(7-11)23-9-22-13/h3-7,16H,8-9H2,1-2H3. The lowest BCUT2D eigenvalue weighted by Crippen LogP contribution is -2.28. The maximum Gasteiger partial charge on any atom is 0.319 e. The number of amides is 1. The molecular formula is C16H16F2N2O3. The van der Waals surface area contributed by atoms with Crippen LogP contribution in [0.15, 0.2) is 30.3 Å². The molecular weight excluding hydrogens is 306 g/mol. The zero-order chi connectivity index (χ0) is 16.6. The summed E-state index contributed by atoms with van der Waals surface area (Å²) in [5.41, 5.74) is 1.15. The molecule has 2 aromatic rings. The van der Waals surface area contributed by atoms with Crippen LogP contribution in [-0.4, -0.2) is 29.2 Å². The Kier molecular flexibility index (Phi) is 3.94. The predicted molar refractivity (Wildman–Crippen MR) is 78.8 cm³/mol. The zero-order valence-corrected chi connectivity index (χ0v) is 12.8. The summed E-state index contributed by atoms with van der Waals surface area (Å²) < 4.78 is 37.4. The van der Waals surface area contributed by atoms with Crippen LogP contribution in [0.5, 0.6) is 11.5 Å². The summed E-state index contributed by atoms with van der Waals surface area (Å²) in [6.45, 7) is -0.749. The van der Waals surface area contributed by atoms with E-state index in [0.29, 0.717) is 17.2 Å². The molecule has 0 N–H and O–H groups in total. The van der Waals surface area contributed by atoms with E-state index < -0.39 is 12.5 Å². The van der Waals surface area contributed by atoms with Gasteiger partial charge in [0.05, 0.1) is 0 Å². The van der Waals surface area contributed by atoms with Crippen LogP contribution in [0.3, 0.4) is 0 Å². The van der Waals surface area contributed by atoms with Gasteiger partial charge in [0.2, 0.25) is 6.79 Å². The highest BCUT2D eigenvalue weighted by Gasteiger charge is 2.22. The van der Waals surface area contributed by atoms with Crippen molar-refractivity contribution in [2.45, 2.75) is 20.0 Å². The number of carbonyl (C=O) groups is 1. The van der Waals surface area contributed by atoms with Crippen molar-refractivity contribution in [1.82, 2.24) is 9.47 Å². The van der Waals surface area contributed by atoms with Gasteiger partial charge in [-0.15, -0.1) is 0 Å². The van der Waals surface area contributed by atoms with Crippen LogP contribution in [0, 0.1) is 6.92 Å². The molecule has 0 saturated heterocycles. The van der Waals surface area contributed by atoms with E-state index in [9.17, 15) is 13.6 Å². The number of ether oxygens (including phenoxy) is 2. The van der Waals surface area contributed by atoms with E-state index >= 15 is 0 Å². The van der Waals surface area contributed by atoms with Crippen LogP contribution >= 0.6 is 0 Å². The lowest BCUT2D eigenvalue weighted by Gasteiger charge is -2.19. The third kappa shape index (κ3) is 2.86. The SMILES string of the molecule is Cc1ccc(C(=O)N(C)Cc2ccc3c(c2)OCO3)n1C(F)F. The molecule has 7 heteroatoms. The molecule has 0 spiro atoms. The minimum absolute atomic E-state index is 0.0271. The van der Waals surface area contributed by atoms with Crippen LogP contribution in [0.2, 0.25) is 0 Å². The van der Waals surface area contributed by atoms with Gasteiger partial charge in [0.1, 0.15) is 5.69 Å². The summed E-state index contributed by atoms with van der Waals surface area (Å²) in [6.07, 6.45) is 0. The van der Waals surface area contributed by atoms with Crippen molar-refractivity contribution < 1.29 is 23.0 Å². The quantitative estimate of drug-likeness (QED) is 0.868. The van der Waals surface area contributed by atoms with Crippen molar-refractivity contribution in [3.63, 3.8) is 0 Å². The maximum atomic E-state index is 13.1. The monoisotopic (exact) mass is 322 g/mol. The summed E-state index contributed by atoms with van der Waals surface area (Å²) in [5.74, 6) is 0.816. The van der Waals surface area contributed by atoms with Crippen molar-refractivity contribution in [3.8, 4) is 11.5 Å². The van der Waals surface area contributed by atoms with Gasteiger partial charge < -0.3 is 14.4 Å². The van der Waals surface area contributed by atoms with E-state index in [1.807, 2.05) is 6.07 Å². The van der Waals surface area contributed by atoms with Gasteiger partial charge in [0.15, 0.2) is 11.5 Å². The molecule has 1 aromatic carbocycles. The molecule has 0 saturated carbocycles. The largest absolute Gasteiger partial charge is 0.454 e. The molecule has 1 amide bonds. The lowest BCUT2D eigenvalue weighted by molar-refractivity contribution is 0.0564. The van der Waals surface area contributed by atoms with E-state index in [2.05, 4.69) is 0 Å². The predicted octanol–water partition coefficient (Wildman–Crippen LogP) is 3.19. The Morgan fingerprint density at radius 3 is 2.74 bits per heavy atom. The van der Waals surface area contributed by atoms with Crippen molar-refractivity contribution in [1.29, 1.82) is 0 Å².